The van der Waals surface area contributed by atoms with Gasteiger partial charge in [0.1, 0.15) is 11.3 Å². The second kappa shape index (κ2) is 8.71. The van der Waals surface area contributed by atoms with Crippen LogP contribution in [0.2, 0.25) is 5.02 Å². The van der Waals surface area contributed by atoms with Crippen molar-refractivity contribution in [1.82, 2.24) is 0 Å². The van der Waals surface area contributed by atoms with Crippen molar-refractivity contribution in [3.63, 3.8) is 0 Å². The molecule has 1 heterocycles. The highest BCUT2D eigenvalue weighted by Crippen LogP contribution is 2.23. The van der Waals surface area contributed by atoms with Gasteiger partial charge in [-0.2, -0.15) is 0 Å². The monoisotopic (exact) mass is 420 g/mol. The molecule has 150 valence electrons. The molecule has 2 N–H and O–H groups in total. The van der Waals surface area contributed by atoms with Crippen molar-refractivity contribution in [2.45, 2.75) is 0 Å². The zero-order chi connectivity index (χ0) is 20.9. The number of anilines is 2. The van der Waals surface area contributed by atoms with Crippen LogP contribution in [0.25, 0.3) is 11.0 Å². The molecule has 6 nitrogen and oxygen atoms in total. The molecule has 0 saturated carbocycles. The summed E-state index contributed by atoms with van der Waals surface area (Å²) >= 11 is 6.00. The fourth-order valence-electron chi connectivity index (χ4n) is 2.83. The number of rotatable bonds is 6. The quantitative estimate of drug-likeness (QED) is 0.440. The average Bonchev–Trinajstić information content (AvgIpc) is 3.19. The number of nitrogens with one attached hydrogen (secondary N) is 2. The van der Waals surface area contributed by atoms with Crippen LogP contribution in [0.3, 0.4) is 0 Å². The number of hydrogen-bond acceptors (Lipinski definition) is 4. The molecule has 0 aliphatic carbocycles. The minimum absolute atomic E-state index is 0.172. The maximum absolute atomic E-state index is 12.4. The first kappa shape index (κ1) is 19.5. The first-order valence-corrected chi connectivity index (χ1v) is 9.53. The predicted molar refractivity (Wildman–Crippen MR) is 116 cm³/mol. The van der Waals surface area contributed by atoms with Gasteiger partial charge in [-0.25, -0.2) is 0 Å². The van der Waals surface area contributed by atoms with Crippen LogP contribution in [0.5, 0.6) is 5.75 Å². The summed E-state index contributed by atoms with van der Waals surface area (Å²) in [6.45, 7) is -0.172. The van der Waals surface area contributed by atoms with Crippen molar-refractivity contribution in [2.24, 2.45) is 0 Å². The van der Waals surface area contributed by atoms with Gasteiger partial charge in [0.25, 0.3) is 11.8 Å². The molecule has 2 amide bonds. The number of para-hydroxylation sites is 2. The number of fused-ring (bicyclic) bond motifs is 1. The summed E-state index contributed by atoms with van der Waals surface area (Å²) in [6, 6.07) is 22.8. The Bertz CT molecular complexity index is 1170. The smallest absolute Gasteiger partial charge is 0.291 e. The third kappa shape index (κ3) is 4.61. The van der Waals surface area contributed by atoms with Gasteiger partial charge in [0.05, 0.1) is 5.02 Å². The van der Waals surface area contributed by atoms with Gasteiger partial charge >= 0.3 is 0 Å². The first-order valence-electron chi connectivity index (χ1n) is 9.16. The van der Waals surface area contributed by atoms with Crippen LogP contribution < -0.4 is 15.4 Å². The molecule has 0 fully saturated rings. The van der Waals surface area contributed by atoms with Crippen molar-refractivity contribution in [1.29, 1.82) is 0 Å². The normalized spacial score (nSPS) is 10.6. The van der Waals surface area contributed by atoms with E-state index in [0.29, 0.717) is 27.7 Å². The first-order chi connectivity index (χ1) is 14.6. The largest absolute Gasteiger partial charge is 0.482 e. The molecular formula is C23H17ClN2O4. The highest BCUT2D eigenvalue weighted by Gasteiger charge is 2.12. The third-order valence-corrected chi connectivity index (χ3v) is 4.58. The van der Waals surface area contributed by atoms with Crippen molar-refractivity contribution in [3.05, 3.63) is 89.6 Å². The summed E-state index contributed by atoms with van der Waals surface area (Å²) in [4.78, 5) is 24.5. The van der Waals surface area contributed by atoms with Crippen LogP contribution in [-0.4, -0.2) is 18.4 Å². The van der Waals surface area contributed by atoms with Crippen LogP contribution in [0, 0.1) is 0 Å². The van der Waals surface area contributed by atoms with E-state index < -0.39 is 0 Å². The fraction of sp³-hybridized carbons (Fsp3) is 0.0435. The maximum atomic E-state index is 12.4. The Labute approximate surface area is 177 Å². The Morgan fingerprint density at radius 2 is 1.53 bits per heavy atom. The number of carbonyl (C=O) groups is 2. The zero-order valence-corrected chi connectivity index (χ0v) is 16.5. The van der Waals surface area contributed by atoms with E-state index in [0.717, 1.165) is 5.39 Å². The van der Waals surface area contributed by atoms with Gasteiger partial charge in [0, 0.05) is 16.8 Å². The van der Waals surface area contributed by atoms with E-state index in [9.17, 15) is 9.59 Å². The van der Waals surface area contributed by atoms with E-state index in [2.05, 4.69) is 10.6 Å². The van der Waals surface area contributed by atoms with Gasteiger partial charge in [0.2, 0.25) is 0 Å². The van der Waals surface area contributed by atoms with Gasteiger partial charge < -0.3 is 19.8 Å². The summed E-state index contributed by atoms with van der Waals surface area (Å²) in [7, 11) is 0. The number of hydrogen-bond donors (Lipinski definition) is 2. The molecule has 0 saturated heterocycles. The Hall–Kier alpha value is -3.77. The molecule has 0 spiro atoms. The molecule has 0 radical (unpaired) electrons. The number of carbonyl (C=O) groups excluding carboxylic acids is 2. The molecule has 0 unspecified atom stereocenters. The van der Waals surface area contributed by atoms with Crippen LogP contribution in [0.15, 0.2) is 83.3 Å². The van der Waals surface area contributed by atoms with Gasteiger partial charge in [0.15, 0.2) is 12.4 Å². The number of benzene rings is 3. The van der Waals surface area contributed by atoms with Crippen LogP contribution >= 0.6 is 11.6 Å². The molecule has 7 heteroatoms. The highest BCUT2D eigenvalue weighted by molar-refractivity contribution is 6.32. The Balaban J connectivity index is 1.32. The average molecular weight is 421 g/mol. The van der Waals surface area contributed by atoms with Gasteiger partial charge in [-0.1, -0.05) is 41.9 Å². The molecule has 3 aromatic carbocycles. The van der Waals surface area contributed by atoms with Gasteiger partial charge in [-0.3, -0.25) is 9.59 Å². The molecule has 0 aliphatic rings. The number of halogens is 1. The minimum atomic E-state index is -0.351. The van der Waals surface area contributed by atoms with E-state index >= 15 is 0 Å². The van der Waals surface area contributed by atoms with E-state index in [-0.39, 0.29) is 24.2 Å². The van der Waals surface area contributed by atoms with E-state index in [1.165, 1.54) is 0 Å². The standard InChI is InChI=1S/C23H17ClN2O4/c24-18-6-2-4-8-20(18)29-14-22(27)25-16-9-11-17(12-10-16)26-23(28)21-13-15-5-1-3-7-19(15)30-21/h1-13H,14H2,(H,25,27)(H,26,28). The lowest BCUT2D eigenvalue weighted by atomic mass is 10.2. The molecule has 0 bridgehead atoms. The van der Waals surface area contributed by atoms with Crippen LogP contribution in [0.1, 0.15) is 10.6 Å². The lowest BCUT2D eigenvalue weighted by Crippen LogP contribution is -2.20. The third-order valence-electron chi connectivity index (χ3n) is 4.27. The van der Waals surface area contributed by atoms with Crippen molar-refractivity contribution in [2.75, 3.05) is 17.2 Å². The molecular weight excluding hydrogens is 404 g/mol. The van der Waals surface area contributed by atoms with Crippen molar-refractivity contribution < 1.29 is 18.7 Å². The fourth-order valence-corrected chi connectivity index (χ4v) is 3.02. The summed E-state index contributed by atoms with van der Waals surface area (Å²) in [6.07, 6.45) is 0. The molecule has 4 rings (SSSR count). The summed E-state index contributed by atoms with van der Waals surface area (Å²) in [5.74, 6) is -0.00614. The second-order valence-corrected chi connectivity index (χ2v) is 6.85. The second-order valence-electron chi connectivity index (χ2n) is 6.45. The molecule has 0 aliphatic heterocycles. The topological polar surface area (TPSA) is 80.6 Å². The zero-order valence-electron chi connectivity index (χ0n) is 15.7. The summed E-state index contributed by atoms with van der Waals surface area (Å²) in [5, 5.41) is 6.79. The SMILES string of the molecule is O=C(COc1ccccc1Cl)Nc1ccc(NC(=O)c2cc3ccccc3o2)cc1. The van der Waals surface area contributed by atoms with E-state index in [1.807, 2.05) is 18.2 Å². The molecule has 0 atom stereocenters. The van der Waals surface area contributed by atoms with Gasteiger partial charge in [-0.05, 0) is 48.5 Å². The van der Waals surface area contributed by atoms with E-state index in [4.69, 9.17) is 20.8 Å². The summed E-state index contributed by atoms with van der Waals surface area (Å²) in [5.41, 5.74) is 1.80. The lowest BCUT2D eigenvalue weighted by Gasteiger charge is -2.09. The Morgan fingerprint density at radius 3 is 2.27 bits per heavy atom. The predicted octanol–water partition coefficient (Wildman–Crippen LogP) is 5.36. The molecule has 1 aromatic heterocycles. The molecule has 30 heavy (non-hydrogen) atoms. The number of ether oxygens (including phenoxy) is 1. The molecule has 4 aromatic rings. The van der Waals surface area contributed by atoms with Crippen LogP contribution in [0.4, 0.5) is 11.4 Å². The van der Waals surface area contributed by atoms with E-state index in [1.54, 1.807) is 60.7 Å². The summed E-state index contributed by atoms with van der Waals surface area (Å²) < 4.78 is 11.0. The maximum Gasteiger partial charge on any atom is 0.291 e. The Kier molecular flexibility index (Phi) is 5.68. The van der Waals surface area contributed by atoms with Gasteiger partial charge in [-0.15, -0.1) is 0 Å². The number of amides is 2. The lowest BCUT2D eigenvalue weighted by molar-refractivity contribution is -0.118. The van der Waals surface area contributed by atoms with Crippen molar-refractivity contribution in [3.8, 4) is 5.75 Å². The minimum Gasteiger partial charge on any atom is -0.482 e. The van der Waals surface area contributed by atoms with Crippen LogP contribution in [-0.2, 0) is 4.79 Å². The highest BCUT2D eigenvalue weighted by atomic mass is 35.5. The Morgan fingerprint density at radius 1 is 0.867 bits per heavy atom. The van der Waals surface area contributed by atoms with Crippen molar-refractivity contribution >= 4 is 45.8 Å². The number of furan rings is 1.